The van der Waals surface area contributed by atoms with Gasteiger partial charge in [-0.05, 0) is 97.5 Å². The molecule has 44 heavy (non-hydrogen) atoms. The van der Waals surface area contributed by atoms with E-state index in [0.29, 0.717) is 48.2 Å². The quantitative estimate of drug-likeness (QED) is 0.199. The summed E-state index contributed by atoms with van der Waals surface area (Å²) >= 11 is 0. The number of halogens is 1. The standard InChI is InChI=1S/C37H45FO6/c1-5-41-35-34(44-35)21-27(18-24-10-11-24)26-8-6-9-29(20-26)42-23-25-12-14-30(31-22-28(40-4)13-15-33(31)38)32(19-25)37(39)36(2,3)16-7-17-43-37/h6,8-9,12-15,19-20,22,24,27,34-35,39H,5,7,10-11,16-18,21,23H2,1-4H3/t27-,34?,35?,37?/m1/s1. The summed E-state index contributed by atoms with van der Waals surface area (Å²) in [7, 11) is 1.56. The van der Waals surface area contributed by atoms with Crippen molar-refractivity contribution >= 4 is 0 Å². The average Bonchev–Trinajstić information content (AvgIpc) is 3.96. The molecule has 0 amide bonds. The fraction of sp³-hybridized carbons (Fsp3) is 0.514. The van der Waals surface area contributed by atoms with Gasteiger partial charge in [-0.25, -0.2) is 4.39 Å². The van der Waals surface area contributed by atoms with E-state index < -0.39 is 17.0 Å². The molecule has 1 saturated carbocycles. The van der Waals surface area contributed by atoms with Crippen molar-refractivity contribution < 1.29 is 33.2 Å². The van der Waals surface area contributed by atoms with Gasteiger partial charge < -0.3 is 28.8 Å². The summed E-state index contributed by atoms with van der Waals surface area (Å²) in [6, 6.07) is 18.7. The van der Waals surface area contributed by atoms with Crippen molar-refractivity contribution in [2.75, 3.05) is 20.3 Å². The average molecular weight is 605 g/mol. The number of epoxide rings is 1. The molecule has 3 aromatic carbocycles. The van der Waals surface area contributed by atoms with Crippen LogP contribution in [0, 0.1) is 17.2 Å². The second kappa shape index (κ2) is 12.8. The molecule has 2 aliphatic heterocycles. The molecule has 3 fully saturated rings. The lowest BCUT2D eigenvalue weighted by Crippen LogP contribution is -2.48. The largest absolute Gasteiger partial charge is 0.497 e. The van der Waals surface area contributed by atoms with Gasteiger partial charge in [-0.2, -0.15) is 0 Å². The van der Waals surface area contributed by atoms with Crippen LogP contribution in [0.1, 0.15) is 81.9 Å². The molecule has 1 aliphatic carbocycles. The normalized spacial score (nSPS) is 25.0. The summed E-state index contributed by atoms with van der Waals surface area (Å²) in [5, 5.41) is 12.1. The van der Waals surface area contributed by atoms with Gasteiger partial charge in [-0.1, -0.05) is 51.0 Å². The van der Waals surface area contributed by atoms with E-state index in [9.17, 15) is 5.11 Å². The summed E-state index contributed by atoms with van der Waals surface area (Å²) in [4.78, 5) is 0. The number of methoxy groups -OCH3 is 1. The molecule has 3 aliphatic rings. The topological polar surface area (TPSA) is 69.7 Å². The molecule has 6 nitrogen and oxygen atoms in total. The van der Waals surface area contributed by atoms with Crippen LogP contribution in [0.3, 0.4) is 0 Å². The van der Waals surface area contributed by atoms with Crippen molar-refractivity contribution in [3.05, 3.63) is 83.2 Å². The van der Waals surface area contributed by atoms with Crippen molar-refractivity contribution in [2.45, 2.75) is 90.0 Å². The first-order chi connectivity index (χ1) is 21.2. The smallest absolute Gasteiger partial charge is 0.198 e. The molecular formula is C37H45FO6. The predicted molar refractivity (Wildman–Crippen MR) is 167 cm³/mol. The summed E-state index contributed by atoms with van der Waals surface area (Å²) in [5.74, 6) is 0.514. The van der Waals surface area contributed by atoms with Gasteiger partial charge in [0, 0.05) is 23.1 Å². The third-order valence-electron chi connectivity index (χ3n) is 9.52. The number of benzene rings is 3. The minimum atomic E-state index is -1.60. The minimum absolute atomic E-state index is 0.0725. The van der Waals surface area contributed by atoms with Gasteiger partial charge in [0.15, 0.2) is 12.1 Å². The maximum Gasteiger partial charge on any atom is 0.198 e. The van der Waals surface area contributed by atoms with E-state index >= 15 is 4.39 Å². The van der Waals surface area contributed by atoms with Crippen molar-refractivity contribution in [3.63, 3.8) is 0 Å². The van der Waals surface area contributed by atoms with Gasteiger partial charge in [0.2, 0.25) is 0 Å². The van der Waals surface area contributed by atoms with Crippen LogP contribution in [0.4, 0.5) is 4.39 Å². The molecule has 6 rings (SSSR count). The Balaban J connectivity index is 1.26. The molecule has 3 unspecified atom stereocenters. The van der Waals surface area contributed by atoms with E-state index in [0.717, 1.165) is 42.9 Å². The molecule has 1 N–H and O–H groups in total. The molecule has 0 radical (unpaired) electrons. The Morgan fingerprint density at radius 1 is 1.00 bits per heavy atom. The van der Waals surface area contributed by atoms with Crippen molar-refractivity contribution in [1.29, 1.82) is 0 Å². The van der Waals surface area contributed by atoms with Crippen molar-refractivity contribution in [1.82, 2.24) is 0 Å². The Hall–Kier alpha value is -2.97. The van der Waals surface area contributed by atoms with Crippen LogP contribution in [0.5, 0.6) is 11.5 Å². The molecule has 4 atom stereocenters. The maximum absolute atomic E-state index is 15.2. The highest BCUT2D eigenvalue weighted by atomic mass is 19.1. The van der Waals surface area contributed by atoms with Crippen LogP contribution in [0.2, 0.25) is 0 Å². The molecule has 0 spiro atoms. The number of ether oxygens (including phenoxy) is 5. The summed E-state index contributed by atoms with van der Waals surface area (Å²) in [5.41, 5.74) is 2.98. The van der Waals surface area contributed by atoms with E-state index in [2.05, 4.69) is 18.2 Å². The second-order valence-electron chi connectivity index (χ2n) is 13.2. The fourth-order valence-corrected chi connectivity index (χ4v) is 6.61. The Bertz CT molecular complexity index is 1450. The van der Waals surface area contributed by atoms with Gasteiger partial charge in [-0.3, -0.25) is 0 Å². The van der Waals surface area contributed by atoms with Crippen LogP contribution in [0.15, 0.2) is 60.7 Å². The van der Waals surface area contributed by atoms with E-state index in [4.69, 9.17) is 23.7 Å². The SMILES string of the molecule is CCOC1OC1C[C@@H](CC1CC1)c1cccc(OCc2ccc(-c3cc(OC)ccc3F)c(C3(O)OCCCC3(C)C)c2)c1. The zero-order valence-corrected chi connectivity index (χ0v) is 26.3. The van der Waals surface area contributed by atoms with Crippen LogP contribution >= 0.6 is 0 Å². The third kappa shape index (κ3) is 6.66. The summed E-state index contributed by atoms with van der Waals surface area (Å²) < 4.78 is 44.5. The first-order valence-corrected chi connectivity index (χ1v) is 16.0. The lowest BCUT2D eigenvalue weighted by atomic mass is 9.72. The number of hydrogen-bond acceptors (Lipinski definition) is 6. The van der Waals surface area contributed by atoms with Crippen LogP contribution in [-0.2, 0) is 26.6 Å². The van der Waals surface area contributed by atoms with Gasteiger partial charge in [-0.15, -0.1) is 0 Å². The maximum atomic E-state index is 15.2. The van der Waals surface area contributed by atoms with E-state index in [1.54, 1.807) is 19.2 Å². The van der Waals surface area contributed by atoms with Crippen molar-refractivity contribution in [2.24, 2.45) is 11.3 Å². The Morgan fingerprint density at radius 3 is 2.59 bits per heavy atom. The van der Waals surface area contributed by atoms with Gasteiger partial charge in [0.05, 0.1) is 13.7 Å². The molecule has 2 heterocycles. The first kappa shape index (κ1) is 31.0. The first-order valence-electron chi connectivity index (χ1n) is 16.0. The third-order valence-corrected chi connectivity index (χ3v) is 9.52. The minimum Gasteiger partial charge on any atom is -0.497 e. The fourth-order valence-electron chi connectivity index (χ4n) is 6.61. The molecule has 3 aromatic rings. The van der Waals surface area contributed by atoms with Crippen LogP contribution < -0.4 is 9.47 Å². The van der Waals surface area contributed by atoms with E-state index in [-0.39, 0.29) is 12.4 Å². The second-order valence-corrected chi connectivity index (χ2v) is 13.2. The van der Waals surface area contributed by atoms with Gasteiger partial charge >= 0.3 is 0 Å². The van der Waals surface area contributed by atoms with Crippen molar-refractivity contribution in [3.8, 4) is 22.6 Å². The van der Waals surface area contributed by atoms with E-state index in [1.807, 2.05) is 45.0 Å². The Kier molecular flexibility index (Phi) is 9.02. The molecule has 7 heteroatoms. The monoisotopic (exact) mass is 604 g/mol. The lowest BCUT2D eigenvalue weighted by Gasteiger charge is -2.47. The van der Waals surface area contributed by atoms with Gasteiger partial charge in [0.25, 0.3) is 0 Å². The molecule has 0 aromatic heterocycles. The summed E-state index contributed by atoms with van der Waals surface area (Å²) in [6.07, 6.45) is 6.42. The lowest BCUT2D eigenvalue weighted by molar-refractivity contribution is -0.297. The Labute approximate surface area is 260 Å². The zero-order valence-electron chi connectivity index (χ0n) is 26.3. The highest BCUT2D eigenvalue weighted by molar-refractivity contribution is 5.71. The highest BCUT2D eigenvalue weighted by Crippen LogP contribution is 2.50. The number of rotatable bonds is 13. The van der Waals surface area contributed by atoms with Crippen LogP contribution in [-0.4, -0.2) is 37.8 Å². The van der Waals surface area contributed by atoms with Crippen LogP contribution in [0.25, 0.3) is 11.1 Å². The summed E-state index contributed by atoms with van der Waals surface area (Å²) in [6.45, 7) is 7.36. The van der Waals surface area contributed by atoms with Gasteiger partial charge in [0.1, 0.15) is 30.0 Å². The number of hydrogen-bond donors (Lipinski definition) is 1. The highest BCUT2D eigenvalue weighted by Gasteiger charge is 2.49. The molecule has 236 valence electrons. The molecule has 2 saturated heterocycles. The van der Waals surface area contributed by atoms with E-state index in [1.165, 1.54) is 24.5 Å². The number of aliphatic hydroxyl groups is 1. The zero-order chi connectivity index (χ0) is 30.9. The molecule has 0 bridgehead atoms. The molecular weight excluding hydrogens is 559 g/mol. The predicted octanol–water partition coefficient (Wildman–Crippen LogP) is 8.10. The Morgan fingerprint density at radius 2 is 1.84 bits per heavy atom.